The maximum Gasteiger partial charge on any atom is 0.230 e. The van der Waals surface area contributed by atoms with Crippen LogP contribution in [0.5, 0.6) is 0 Å². The number of hydrogen-bond donors (Lipinski definition) is 1. The first-order valence-corrected chi connectivity index (χ1v) is 12.9. The van der Waals surface area contributed by atoms with Crippen LogP contribution in [0, 0.1) is 0 Å². The van der Waals surface area contributed by atoms with E-state index in [9.17, 15) is 4.79 Å². The molecular formula is C27H28N6OS. The van der Waals surface area contributed by atoms with Crippen molar-refractivity contribution in [3.05, 3.63) is 90.8 Å². The number of aromatic nitrogens is 4. The Balaban J connectivity index is 1.19. The lowest BCUT2D eigenvalue weighted by Crippen LogP contribution is -2.44. The van der Waals surface area contributed by atoms with Crippen LogP contribution in [0.4, 0.5) is 0 Å². The Bertz CT molecular complexity index is 1220. The summed E-state index contributed by atoms with van der Waals surface area (Å²) >= 11 is 1.42. The van der Waals surface area contributed by atoms with Gasteiger partial charge in [-0.1, -0.05) is 66.4 Å². The Morgan fingerprint density at radius 2 is 1.63 bits per heavy atom. The number of pyridine rings is 1. The summed E-state index contributed by atoms with van der Waals surface area (Å²) in [5.74, 6) is 1.09. The summed E-state index contributed by atoms with van der Waals surface area (Å²) < 4.78 is 2.02. The third kappa shape index (κ3) is 5.96. The van der Waals surface area contributed by atoms with Crippen molar-refractivity contribution in [1.82, 2.24) is 30.0 Å². The molecule has 0 atom stereocenters. The molecule has 1 saturated heterocycles. The van der Waals surface area contributed by atoms with E-state index in [-0.39, 0.29) is 11.9 Å². The molecule has 4 aromatic rings. The second kappa shape index (κ2) is 11.3. The average molecular weight is 485 g/mol. The number of carbonyl (C=O) groups excluding carboxylic acids is 1. The molecule has 1 aliphatic heterocycles. The molecular weight excluding hydrogens is 456 g/mol. The first-order chi connectivity index (χ1) is 17.3. The number of amides is 1. The van der Waals surface area contributed by atoms with Crippen LogP contribution in [0.2, 0.25) is 0 Å². The average Bonchev–Trinajstić information content (AvgIpc) is 3.34. The van der Waals surface area contributed by atoms with Crippen LogP contribution in [0.1, 0.15) is 18.5 Å². The Labute approximate surface area is 209 Å². The third-order valence-electron chi connectivity index (χ3n) is 6.08. The molecule has 2 aromatic heterocycles. The lowest BCUT2D eigenvalue weighted by atomic mass is 10.0. The first-order valence-electron chi connectivity index (χ1n) is 11.9. The van der Waals surface area contributed by atoms with E-state index >= 15 is 0 Å². The number of nitrogens with zero attached hydrogens (tertiary/aromatic N) is 5. The highest BCUT2D eigenvalue weighted by atomic mass is 32.2. The predicted octanol–water partition coefficient (Wildman–Crippen LogP) is 4.20. The van der Waals surface area contributed by atoms with Gasteiger partial charge in [-0.15, -0.1) is 10.2 Å². The fourth-order valence-corrected chi connectivity index (χ4v) is 5.07. The van der Waals surface area contributed by atoms with Gasteiger partial charge in [0.1, 0.15) is 0 Å². The standard InChI is InChI=1S/C27H28N6OS/c34-25(29-22-14-17-32(18-15-22)19-23-11-7-8-16-28-23)20-35-27-31-30-26(21-9-3-1-4-10-21)33(27)24-12-5-2-6-13-24/h1-13,16,22H,14-15,17-20H2,(H,29,34). The molecule has 1 fully saturated rings. The summed E-state index contributed by atoms with van der Waals surface area (Å²) in [7, 11) is 0. The van der Waals surface area contributed by atoms with E-state index in [4.69, 9.17) is 0 Å². The maximum absolute atomic E-state index is 12.8. The Kier molecular flexibility index (Phi) is 7.50. The maximum atomic E-state index is 12.8. The molecule has 7 nitrogen and oxygen atoms in total. The Morgan fingerprint density at radius 1 is 0.914 bits per heavy atom. The number of para-hydroxylation sites is 1. The number of benzene rings is 2. The summed E-state index contributed by atoms with van der Waals surface area (Å²) in [5.41, 5.74) is 3.04. The van der Waals surface area contributed by atoms with Gasteiger partial charge in [0.05, 0.1) is 11.4 Å². The second-order valence-corrected chi connectivity index (χ2v) is 9.51. The van der Waals surface area contributed by atoms with Crippen molar-refractivity contribution in [2.45, 2.75) is 30.6 Å². The highest BCUT2D eigenvalue weighted by Gasteiger charge is 2.22. The van der Waals surface area contributed by atoms with Crippen LogP contribution in [0.15, 0.2) is 90.2 Å². The van der Waals surface area contributed by atoms with Crippen LogP contribution in [0.25, 0.3) is 17.1 Å². The lowest BCUT2D eigenvalue weighted by Gasteiger charge is -2.32. The van der Waals surface area contributed by atoms with E-state index in [0.717, 1.165) is 55.2 Å². The summed E-state index contributed by atoms with van der Waals surface area (Å²) in [6.07, 6.45) is 3.73. The minimum absolute atomic E-state index is 0.0297. The zero-order valence-corrected chi connectivity index (χ0v) is 20.3. The van der Waals surface area contributed by atoms with E-state index in [2.05, 4.69) is 31.5 Å². The van der Waals surface area contributed by atoms with Gasteiger partial charge in [0.15, 0.2) is 11.0 Å². The Hall–Kier alpha value is -3.49. The van der Waals surface area contributed by atoms with Crippen molar-refractivity contribution < 1.29 is 4.79 Å². The van der Waals surface area contributed by atoms with E-state index in [1.807, 2.05) is 83.6 Å². The van der Waals surface area contributed by atoms with Crippen LogP contribution in [-0.2, 0) is 11.3 Å². The zero-order valence-electron chi connectivity index (χ0n) is 19.5. The number of likely N-dealkylation sites (tertiary alicyclic amines) is 1. The highest BCUT2D eigenvalue weighted by molar-refractivity contribution is 7.99. The molecule has 0 radical (unpaired) electrons. The molecule has 1 amide bonds. The van der Waals surface area contributed by atoms with Gasteiger partial charge in [-0.2, -0.15) is 0 Å². The second-order valence-electron chi connectivity index (χ2n) is 8.57. The topological polar surface area (TPSA) is 75.9 Å². The van der Waals surface area contributed by atoms with E-state index in [1.165, 1.54) is 11.8 Å². The highest BCUT2D eigenvalue weighted by Crippen LogP contribution is 2.27. The van der Waals surface area contributed by atoms with E-state index in [0.29, 0.717) is 10.9 Å². The molecule has 0 bridgehead atoms. The summed E-state index contributed by atoms with van der Waals surface area (Å²) in [4.78, 5) is 19.6. The van der Waals surface area contributed by atoms with Gasteiger partial charge in [0.25, 0.3) is 0 Å². The molecule has 0 aliphatic carbocycles. The van der Waals surface area contributed by atoms with Crippen LogP contribution < -0.4 is 5.32 Å². The summed E-state index contributed by atoms with van der Waals surface area (Å²) in [5, 5.41) is 12.8. The summed E-state index contributed by atoms with van der Waals surface area (Å²) in [6.45, 7) is 2.77. The van der Waals surface area contributed by atoms with Crippen molar-refractivity contribution in [3.63, 3.8) is 0 Å². The molecule has 178 valence electrons. The quantitative estimate of drug-likeness (QED) is 0.378. The molecule has 5 rings (SSSR count). The minimum atomic E-state index is 0.0297. The molecule has 3 heterocycles. The fourth-order valence-electron chi connectivity index (χ4n) is 4.30. The van der Waals surface area contributed by atoms with Crippen LogP contribution in [-0.4, -0.2) is 55.4 Å². The van der Waals surface area contributed by atoms with Gasteiger partial charge in [-0.3, -0.25) is 19.2 Å². The monoisotopic (exact) mass is 484 g/mol. The number of nitrogens with one attached hydrogen (secondary N) is 1. The number of thioether (sulfide) groups is 1. The lowest BCUT2D eigenvalue weighted by molar-refractivity contribution is -0.119. The zero-order chi connectivity index (χ0) is 23.9. The molecule has 0 spiro atoms. The SMILES string of the molecule is O=C(CSc1nnc(-c2ccccc2)n1-c1ccccc1)NC1CCN(Cc2ccccn2)CC1. The minimum Gasteiger partial charge on any atom is -0.353 e. The van der Waals surface area contributed by atoms with Crippen molar-refractivity contribution in [1.29, 1.82) is 0 Å². The van der Waals surface area contributed by atoms with E-state index < -0.39 is 0 Å². The molecule has 0 saturated carbocycles. The third-order valence-corrected chi connectivity index (χ3v) is 7.01. The number of carbonyl (C=O) groups is 1. The first kappa shape index (κ1) is 23.3. The molecule has 1 aliphatic rings. The van der Waals surface area contributed by atoms with Crippen LogP contribution in [0.3, 0.4) is 0 Å². The summed E-state index contributed by atoms with van der Waals surface area (Å²) in [6, 6.07) is 26.2. The Morgan fingerprint density at radius 3 is 2.34 bits per heavy atom. The van der Waals surface area contributed by atoms with Gasteiger partial charge in [-0.25, -0.2) is 0 Å². The van der Waals surface area contributed by atoms with Gasteiger partial charge in [-0.05, 0) is 37.1 Å². The molecule has 35 heavy (non-hydrogen) atoms. The van der Waals surface area contributed by atoms with Gasteiger partial charge >= 0.3 is 0 Å². The van der Waals surface area contributed by atoms with E-state index in [1.54, 1.807) is 0 Å². The largest absolute Gasteiger partial charge is 0.353 e. The van der Waals surface area contributed by atoms with Crippen LogP contribution >= 0.6 is 11.8 Å². The number of piperidine rings is 1. The van der Waals surface area contributed by atoms with Gasteiger partial charge < -0.3 is 5.32 Å². The molecule has 2 aromatic carbocycles. The van der Waals surface area contributed by atoms with Crippen molar-refractivity contribution >= 4 is 17.7 Å². The predicted molar refractivity (Wildman–Crippen MR) is 138 cm³/mol. The molecule has 8 heteroatoms. The van der Waals surface area contributed by atoms with Crippen molar-refractivity contribution in [2.24, 2.45) is 0 Å². The molecule has 1 N–H and O–H groups in total. The van der Waals surface area contributed by atoms with Gasteiger partial charge in [0.2, 0.25) is 5.91 Å². The normalized spacial score (nSPS) is 14.6. The van der Waals surface area contributed by atoms with Crippen molar-refractivity contribution in [3.8, 4) is 17.1 Å². The fraction of sp³-hybridized carbons (Fsp3) is 0.259. The molecule has 0 unspecified atom stereocenters. The van der Waals surface area contributed by atoms with Crippen molar-refractivity contribution in [2.75, 3.05) is 18.8 Å². The number of rotatable bonds is 8. The van der Waals surface area contributed by atoms with Gasteiger partial charge in [0, 0.05) is 43.1 Å². The smallest absolute Gasteiger partial charge is 0.230 e. The number of hydrogen-bond acceptors (Lipinski definition) is 6.